The molecule has 2 atom stereocenters. The minimum absolute atomic E-state index is 0.0190. The minimum Gasteiger partial charge on any atom is -0.496 e. The van der Waals surface area contributed by atoms with Gasteiger partial charge in [0, 0.05) is 6.54 Å². The molecule has 3 rings (SSSR count). The van der Waals surface area contributed by atoms with Crippen molar-refractivity contribution in [1.29, 1.82) is 0 Å². The molecule has 2 fully saturated rings. The topological polar surface area (TPSA) is 48.0 Å². The van der Waals surface area contributed by atoms with Crippen molar-refractivity contribution < 1.29 is 19.0 Å². The fourth-order valence-corrected chi connectivity index (χ4v) is 3.55. The molecular weight excluding hydrogens is 282 g/mol. The minimum atomic E-state index is -0.0190. The zero-order valence-corrected chi connectivity index (χ0v) is 13.2. The van der Waals surface area contributed by atoms with Gasteiger partial charge in [0.2, 0.25) is 0 Å². The van der Waals surface area contributed by atoms with Gasteiger partial charge in [-0.1, -0.05) is 18.9 Å². The van der Waals surface area contributed by atoms with Crippen LogP contribution in [0, 0.1) is 0 Å². The molecule has 0 N–H and O–H groups in total. The van der Waals surface area contributed by atoms with Gasteiger partial charge >= 0.3 is 0 Å². The average Bonchev–Trinajstić information content (AvgIpc) is 2.59. The van der Waals surface area contributed by atoms with Gasteiger partial charge in [-0.05, 0) is 25.0 Å². The number of amides is 1. The quantitative estimate of drug-likeness (QED) is 0.861. The van der Waals surface area contributed by atoms with Crippen molar-refractivity contribution in [1.82, 2.24) is 4.90 Å². The van der Waals surface area contributed by atoms with E-state index in [-0.39, 0.29) is 18.1 Å². The van der Waals surface area contributed by atoms with Crippen molar-refractivity contribution in [2.24, 2.45) is 0 Å². The van der Waals surface area contributed by atoms with Crippen LogP contribution in [0.2, 0.25) is 0 Å². The van der Waals surface area contributed by atoms with E-state index >= 15 is 0 Å². The van der Waals surface area contributed by atoms with E-state index in [1.54, 1.807) is 26.4 Å². The lowest BCUT2D eigenvalue weighted by molar-refractivity contribution is -0.0753. The molecule has 1 saturated carbocycles. The fraction of sp³-hybridized carbons (Fsp3) is 0.588. The number of fused-ring (bicyclic) bond motifs is 1. The van der Waals surface area contributed by atoms with E-state index in [2.05, 4.69) is 0 Å². The largest absolute Gasteiger partial charge is 0.496 e. The highest BCUT2D eigenvalue weighted by molar-refractivity contribution is 6.00. The molecule has 1 saturated heterocycles. The van der Waals surface area contributed by atoms with Crippen LogP contribution in [-0.2, 0) is 4.74 Å². The second kappa shape index (κ2) is 6.57. The Morgan fingerprint density at radius 1 is 1.18 bits per heavy atom. The normalized spacial score (nSPS) is 24.5. The standard InChI is InChI=1S/C17H23NO4/c1-20-14-8-5-9-15(21-2)16(14)17(19)18-10-11-22-13-7-4-3-6-12(13)18/h5,8-9,12-13H,3-4,6-7,10-11H2,1-2H3/t12-,13-/m1/s1. The monoisotopic (exact) mass is 305 g/mol. The first-order valence-corrected chi connectivity index (χ1v) is 7.90. The third-order valence-electron chi connectivity index (χ3n) is 4.63. The number of hydrogen-bond donors (Lipinski definition) is 0. The maximum absolute atomic E-state index is 13.1. The van der Waals surface area contributed by atoms with Crippen molar-refractivity contribution >= 4 is 5.91 Å². The van der Waals surface area contributed by atoms with Crippen LogP contribution in [-0.4, -0.2) is 50.3 Å². The van der Waals surface area contributed by atoms with E-state index in [1.807, 2.05) is 11.0 Å². The maximum atomic E-state index is 13.1. The lowest BCUT2D eigenvalue weighted by Crippen LogP contribution is -2.54. The number of methoxy groups -OCH3 is 2. The van der Waals surface area contributed by atoms with Crippen LogP contribution in [0.5, 0.6) is 11.5 Å². The SMILES string of the molecule is COc1cccc(OC)c1C(=O)N1CCO[C@@H]2CCCC[C@H]21. The summed E-state index contributed by atoms with van der Waals surface area (Å²) in [6.07, 6.45) is 4.55. The number of ether oxygens (including phenoxy) is 3. The van der Waals surface area contributed by atoms with E-state index in [0.29, 0.717) is 30.2 Å². The maximum Gasteiger partial charge on any atom is 0.261 e. The molecule has 22 heavy (non-hydrogen) atoms. The van der Waals surface area contributed by atoms with Gasteiger partial charge in [-0.25, -0.2) is 0 Å². The number of carbonyl (C=O) groups excluding carboxylic acids is 1. The molecular formula is C17H23NO4. The number of nitrogens with zero attached hydrogens (tertiary/aromatic N) is 1. The van der Waals surface area contributed by atoms with E-state index in [4.69, 9.17) is 14.2 Å². The summed E-state index contributed by atoms with van der Waals surface area (Å²) < 4.78 is 16.6. The lowest BCUT2D eigenvalue weighted by Gasteiger charge is -2.44. The molecule has 1 aliphatic heterocycles. The third-order valence-corrected chi connectivity index (χ3v) is 4.63. The first-order chi connectivity index (χ1) is 10.8. The molecule has 1 aliphatic carbocycles. The Morgan fingerprint density at radius 3 is 2.55 bits per heavy atom. The average molecular weight is 305 g/mol. The van der Waals surface area contributed by atoms with E-state index in [9.17, 15) is 4.79 Å². The highest BCUT2D eigenvalue weighted by Crippen LogP contribution is 2.34. The highest BCUT2D eigenvalue weighted by Gasteiger charge is 2.38. The van der Waals surface area contributed by atoms with Gasteiger partial charge in [-0.15, -0.1) is 0 Å². The second-order valence-corrected chi connectivity index (χ2v) is 5.80. The van der Waals surface area contributed by atoms with Crippen LogP contribution in [0.15, 0.2) is 18.2 Å². The molecule has 1 amide bonds. The summed E-state index contributed by atoms with van der Waals surface area (Å²) in [5.41, 5.74) is 0.513. The van der Waals surface area contributed by atoms with Crippen LogP contribution < -0.4 is 9.47 Å². The number of rotatable bonds is 3. The first kappa shape index (κ1) is 15.2. The molecule has 120 valence electrons. The third kappa shape index (κ3) is 2.65. The number of carbonyl (C=O) groups is 1. The molecule has 2 aliphatic rings. The first-order valence-electron chi connectivity index (χ1n) is 7.90. The lowest BCUT2D eigenvalue weighted by atomic mass is 9.89. The van der Waals surface area contributed by atoms with Gasteiger partial charge in [-0.3, -0.25) is 4.79 Å². The van der Waals surface area contributed by atoms with Crippen LogP contribution in [0.1, 0.15) is 36.0 Å². The Balaban J connectivity index is 1.93. The Kier molecular flexibility index (Phi) is 4.52. The van der Waals surface area contributed by atoms with Gasteiger partial charge < -0.3 is 19.1 Å². The van der Waals surface area contributed by atoms with E-state index in [0.717, 1.165) is 19.3 Å². The van der Waals surface area contributed by atoms with Gasteiger partial charge in [0.25, 0.3) is 5.91 Å². The number of morpholine rings is 1. The predicted molar refractivity (Wildman–Crippen MR) is 82.6 cm³/mol. The van der Waals surface area contributed by atoms with Crippen molar-refractivity contribution in [2.45, 2.75) is 37.8 Å². The Hall–Kier alpha value is -1.75. The summed E-state index contributed by atoms with van der Waals surface area (Å²) in [6.45, 7) is 1.23. The van der Waals surface area contributed by atoms with Crippen LogP contribution in [0.25, 0.3) is 0 Å². The molecule has 0 unspecified atom stereocenters. The highest BCUT2D eigenvalue weighted by atomic mass is 16.5. The number of hydrogen-bond acceptors (Lipinski definition) is 4. The van der Waals surface area contributed by atoms with Crippen molar-refractivity contribution in [3.05, 3.63) is 23.8 Å². The fourth-order valence-electron chi connectivity index (χ4n) is 3.55. The zero-order valence-electron chi connectivity index (χ0n) is 13.2. The van der Waals surface area contributed by atoms with Gasteiger partial charge in [0.1, 0.15) is 17.1 Å². The molecule has 1 aromatic carbocycles. The van der Waals surface area contributed by atoms with Crippen molar-refractivity contribution in [2.75, 3.05) is 27.4 Å². The van der Waals surface area contributed by atoms with Crippen LogP contribution in [0.4, 0.5) is 0 Å². The molecule has 1 heterocycles. The summed E-state index contributed by atoms with van der Waals surface area (Å²) in [6, 6.07) is 5.60. The van der Waals surface area contributed by atoms with Crippen molar-refractivity contribution in [3.8, 4) is 11.5 Å². The van der Waals surface area contributed by atoms with Crippen LogP contribution >= 0.6 is 0 Å². The predicted octanol–water partition coefficient (Wildman–Crippen LogP) is 2.49. The number of benzene rings is 1. The summed E-state index contributed by atoms with van der Waals surface area (Å²) in [4.78, 5) is 15.1. The molecule has 0 aromatic heterocycles. The molecule has 0 spiro atoms. The van der Waals surface area contributed by atoms with Crippen molar-refractivity contribution in [3.63, 3.8) is 0 Å². The Labute approximate surface area is 131 Å². The smallest absolute Gasteiger partial charge is 0.261 e. The van der Waals surface area contributed by atoms with E-state index in [1.165, 1.54) is 6.42 Å². The van der Waals surface area contributed by atoms with Gasteiger partial charge in [-0.2, -0.15) is 0 Å². The molecule has 1 aromatic rings. The summed E-state index contributed by atoms with van der Waals surface area (Å²) in [5, 5.41) is 0. The Morgan fingerprint density at radius 2 is 1.86 bits per heavy atom. The Bertz CT molecular complexity index is 521. The van der Waals surface area contributed by atoms with E-state index < -0.39 is 0 Å². The second-order valence-electron chi connectivity index (χ2n) is 5.80. The van der Waals surface area contributed by atoms with Crippen LogP contribution in [0.3, 0.4) is 0 Å². The zero-order chi connectivity index (χ0) is 15.5. The summed E-state index contributed by atoms with van der Waals surface area (Å²) in [7, 11) is 3.16. The molecule has 0 bridgehead atoms. The molecule has 5 nitrogen and oxygen atoms in total. The molecule has 0 radical (unpaired) electrons. The molecule has 5 heteroatoms. The van der Waals surface area contributed by atoms with Gasteiger partial charge in [0.15, 0.2) is 0 Å². The summed E-state index contributed by atoms with van der Waals surface area (Å²) in [5.74, 6) is 1.10. The van der Waals surface area contributed by atoms with Gasteiger partial charge in [0.05, 0.1) is 33.0 Å². The summed E-state index contributed by atoms with van der Waals surface area (Å²) >= 11 is 0.